The second-order valence-electron chi connectivity index (χ2n) is 8.08. The van der Waals surface area contributed by atoms with Gasteiger partial charge in [-0.15, -0.1) is 0 Å². The van der Waals surface area contributed by atoms with Crippen molar-refractivity contribution in [3.05, 3.63) is 33.3 Å². The zero-order chi connectivity index (χ0) is 24.4. The summed E-state index contributed by atoms with van der Waals surface area (Å²) in [4.78, 5) is 0. The SMILES string of the molecule is CCCC[N+](CCCC)(CCCC)CCCC.N#CC1=C(C#N)C(C#N)=C(C#N)C1=C=[N-]. The van der Waals surface area contributed by atoms with Crippen molar-refractivity contribution in [2.75, 3.05) is 26.2 Å². The van der Waals surface area contributed by atoms with Crippen LogP contribution >= 0.6 is 0 Å². The molecule has 0 aliphatic heterocycles. The molecule has 0 spiro atoms. The molecule has 0 aromatic carbocycles. The van der Waals surface area contributed by atoms with E-state index in [1.807, 2.05) is 0 Å². The van der Waals surface area contributed by atoms with Gasteiger partial charge in [-0.3, -0.25) is 5.87 Å². The molecule has 0 saturated heterocycles. The maximum absolute atomic E-state index is 8.72. The van der Waals surface area contributed by atoms with Gasteiger partial charge < -0.3 is 9.89 Å². The van der Waals surface area contributed by atoms with Gasteiger partial charge >= 0.3 is 0 Å². The highest BCUT2D eigenvalue weighted by atomic mass is 15.3. The fourth-order valence-electron chi connectivity index (χ4n) is 3.83. The van der Waals surface area contributed by atoms with Gasteiger partial charge in [0.1, 0.15) is 24.3 Å². The van der Waals surface area contributed by atoms with Crippen molar-refractivity contribution in [3.8, 4) is 24.3 Å². The Balaban J connectivity index is 0.000000604. The van der Waals surface area contributed by atoms with Crippen LogP contribution in [0.2, 0.25) is 0 Å². The van der Waals surface area contributed by atoms with E-state index in [-0.39, 0.29) is 27.9 Å². The maximum Gasteiger partial charge on any atom is 0.102 e. The van der Waals surface area contributed by atoms with Crippen molar-refractivity contribution in [1.82, 2.24) is 0 Å². The third-order valence-electron chi connectivity index (χ3n) is 5.75. The summed E-state index contributed by atoms with van der Waals surface area (Å²) in [5.41, 5.74) is -1.00. The smallest absolute Gasteiger partial charge is 0.102 e. The van der Waals surface area contributed by atoms with E-state index in [0.717, 1.165) is 0 Å². The fraction of sp³-hybridized carbons (Fsp3) is 0.615. The van der Waals surface area contributed by atoms with E-state index in [1.54, 1.807) is 30.1 Å². The van der Waals surface area contributed by atoms with Crippen molar-refractivity contribution in [2.45, 2.75) is 79.1 Å². The van der Waals surface area contributed by atoms with Gasteiger partial charge in [-0.25, -0.2) is 0 Å². The van der Waals surface area contributed by atoms with Gasteiger partial charge in [0.15, 0.2) is 0 Å². The second kappa shape index (κ2) is 16.5. The van der Waals surface area contributed by atoms with E-state index in [2.05, 4.69) is 27.7 Å². The van der Waals surface area contributed by atoms with Crippen LogP contribution in [0, 0.1) is 45.3 Å². The van der Waals surface area contributed by atoms with Gasteiger partial charge in [0.25, 0.3) is 0 Å². The Labute approximate surface area is 194 Å². The Bertz CT molecular complexity index is 801. The summed E-state index contributed by atoms with van der Waals surface area (Å²) in [6.45, 7) is 15.0. The molecule has 32 heavy (non-hydrogen) atoms. The first kappa shape index (κ1) is 28.8. The first-order valence-electron chi connectivity index (χ1n) is 11.7. The van der Waals surface area contributed by atoms with E-state index in [1.165, 1.54) is 82.0 Å². The van der Waals surface area contributed by atoms with Crippen LogP contribution in [0.1, 0.15) is 79.1 Å². The molecule has 0 aromatic heterocycles. The van der Waals surface area contributed by atoms with Crippen molar-refractivity contribution < 1.29 is 4.48 Å². The molecule has 0 saturated carbocycles. The molecule has 0 N–H and O–H groups in total. The lowest BCUT2D eigenvalue weighted by Crippen LogP contribution is -2.50. The Hall–Kier alpha value is -3.15. The standard InChI is InChI=1S/C16H36N.C10N5/c1-5-9-13-17(14-10-6-2,15-11-7-3)16-12-8-4;11-1-6-7(2-12)9(4-14)10(5-15)8(6)3-13/h5-16H2,1-4H3;/q+1;-1. The van der Waals surface area contributed by atoms with E-state index >= 15 is 0 Å². The summed E-state index contributed by atoms with van der Waals surface area (Å²) in [6, 6.07) is 6.59. The molecule has 6 nitrogen and oxygen atoms in total. The lowest BCUT2D eigenvalue weighted by atomic mass is 10.1. The first-order chi connectivity index (χ1) is 15.5. The topological polar surface area (TPSA) is 117 Å². The Morgan fingerprint density at radius 3 is 1.03 bits per heavy atom. The minimum atomic E-state index is -0.201. The van der Waals surface area contributed by atoms with Gasteiger partial charge in [0.05, 0.1) is 48.5 Å². The first-order valence-corrected chi connectivity index (χ1v) is 11.7. The summed E-state index contributed by atoms with van der Waals surface area (Å²) in [7, 11) is 0. The molecular formula is C26H36N6. The molecule has 0 fully saturated rings. The summed E-state index contributed by atoms with van der Waals surface area (Å²) in [5, 5.41) is 43.6. The number of rotatable bonds is 12. The Morgan fingerprint density at radius 1 is 0.562 bits per heavy atom. The van der Waals surface area contributed by atoms with Crippen LogP contribution in [-0.2, 0) is 0 Å². The number of unbranched alkanes of at least 4 members (excludes halogenated alkanes) is 4. The average Bonchev–Trinajstić information content (AvgIpc) is 3.15. The van der Waals surface area contributed by atoms with Crippen LogP contribution in [0.15, 0.2) is 27.9 Å². The van der Waals surface area contributed by atoms with Crippen LogP contribution in [-0.4, -0.2) is 36.5 Å². The van der Waals surface area contributed by atoms with Crippen LogP contribution in [0.3, 0.4) is 0 Å². The summed E-state index contributed by atoms with van der Waals surface area (Å²) in [5.74, 6) is 1.65. The highest BCUT2D eigenvalue weighted by molar-refractivity contribution is 5.88. The minimum absolute atomic E-state index is 0.201. The minimum Gasteiger partial charge on any atom is -0.763 e. The molecular weight excluding hydrogens is 396 g/mol. The highest BCUT2D eigenvalue weighted by Crippen LogP contribution is 2.34. The number of allylic oxidation sites excluding steroid dienone is 5. The summed E-state index contributed by atoms with van der Waals surface area (Å²) < 4.78 is 1.42. The van der Waals surface area contributed by atoms with Crippen LogP contribution < -0.4 is 0 Å². The molecule has 6 heteroatoms. The average molecular weight is 433 g/mol. The summed E-state index contributed by atoms with van der Waals surface area (Å²) in [6.07, 6.45) is 11.1. The van der Waals surface area contributed by atoms with Gasteiger partial charge in [0, 0.05) is 5.57 Å². The highest BCUT2D eigenvalue weighted by Gasteiger charge is 2.29. The second-order valence-corrected chi connectivity index (χ2v) is 8.08. The van der Waals surface area contributed by atoms with Crippen LogP contribution in [0.5, 0.6) is 0 Å². The van der Waals surface area contributed by atoms with Crippen molar-refractivity contribution in [3.63, 3.8) is 0 Å². The van der Waals surface area contributed by atoms with Crippen molar-refractivity contribution in [1.29, 1.82) is 21.0 Å². The van der Waals surface area contributed by atoms with Gasteiger partial charge in [-0.2, -0.15) is 21.0 Å². The van der Waals surface area contributed by atoms with Crippen LogP contribution in [0.4, 0.5) is 0 Å². The molecule has 1 aliphatic rings. The zero-order valence-electron chi connectivity index (χ0n) is 20.2. The molecule has 1 rings (SSSR count). The maximum atomic E-state index is 8.72. The van der Waals surface area contributed by atoms with Gasteiger partial charge in [-0.05, 0) is 25.7 Å². The molecule has 0 bridgehead atoms. The third-order valence-corrected chi connectivity index (χ3v) is 5.75. The molecule has 0 unspecified atom stereocenters. The normalized spacial score (nSPS) is 12.8. The van der Waals surface area contributed by atoms with E-state index in [4.69, 9.17) is 26.5 Å². The lowest BCUT2D eigenvalue weighted by molar-refractivity contribution is -0.929. The van der Waals surface area contributed by atoms with Crippen LogP contribution in [0.25, 0.3) is 5.41 Å². The number of nitrogens with zero attached hydrogens (tertiary/aromatic N) is 6. The monoisotopic (exact) mass is 432 g/mol. The molecule has 0 aromatic rings. The fourth-order valence-corrected chi connectivity index (χ4v) is 3.83. The third kappa shape index (κ3) is 8.17. The Morgan fingerprint density at radius 2 is 0.844 bits per heavy atom. The largest absolute Gasteiger partial charge is 0.763 e. The van der Waals surface area contributed by atoms with Gasteiger partial charge in [0.2, 0.25) is 0 Å². The molecule has 0 radical (unpaired) electrons. The van der Waals surface area contributed by atoms with E-state index in [0.29, 0.717) is 0 Å². The predicted molar refractivity (Wildman–Crippen MR) is 128 cm³/mol. The molecule has 0 atom stereocenters. The predicted octanol–water partition coefficient (Wildman–Crippen LogP) is 5.86. The number of quaternary nitrogens is 1. The van der Waals surface area contributed by atoms with Crippen molar-refractivity contribution in [2.24, 2.45) is 0 Å². The zero-order valence-corrected chi connectivity index (χ0v) is 20.2. The molecule has 0 amide bonds. The Kier molecular flexibility index (Phi) is 14.9. The molecule has 170 valence electrons. The quantitative estimate of drug-likeness (QED) is 0.283. The van der Waals surface area contributed by atoms with E-state index in [9.17, 15) is 0 Å². The van der Waals surface area contributed by atoms with Gasteiger partial charge in [-0.1, -0.05) is 53.4 Å². The molecule has 1 aliphatic carbocycles. The number of nitriles is 4. The molecule has 0 heterocycles. The summed E-state index contributed by atoms with van der Waals surface area (Å²) >= 11 is 0. The number of hydrogen-bond acceptors (Lipinski definition) is 4. The lowest BCUT2D eigenvalue weighted by Gasteiger charge is -2.39. The number of hydrogen-bond donors (Lipinski definition) is 0. The van der Waals surface area contributed by atoms with Crippen molar-refractivity contribution >= 4 is 5.87 Å². The van der Waals surface area contributed by atoms with E-state index < -0.39 is 0 Å².